The molecule has 0 N–H and O–H groups in total. The second-order valence-corrected chi connectivity index (χ2v) is 4.26. The summed E-state index contributed by atoms with van der Waals surface area (Å²) in [6.45, 7) is 7.10. The van der Waals surface area contributed by atoms with E-state index in [1.807, 2.05) is 20.8 Å². The molecule has 0 bridgehead atoms. The van der Waals surface area contributed by atoms with Crippen molar-refractivity contribution >= 4 is 11.7 Å². The van der Waals surface area contributed by atoms with E-state index in [-0.39, 0.29) is 5.91 Å². The van der Waals surface area contributed by atoms with Gasteiger partial charge in [0.25, 0.3) is 0 Å². The number of carbonyl (C=O) groups is 2. The van der Waals surface area contributed by atoms with Crippen molar-refractivity contribution in [2.24, 2.45) is 0 Å². The third-order valence-corrected chi connectivity index (χ3v) is 2.80. The Labute approximate surface area is 118 Å². The predicted octanol–water partition coefficient (Wildman–Crippen LogP) is 3.05. The molecule has 1 amide bonds. The van der Waals surface area contributed by atoms with E-state index in [9.17, 15) is 9.59 Å². The van der Waals surface area contributed by atoms with Crippen LogP contribution in [0.25, 0.3) is 0 Å². The third kappa shape index (κ3) is 13.3. The summed E-state index contributed by atoms with van der Waals surface area (Å²) in [5.74, 6) is 0.470. The predicted molar refractivity (Wildman–Crippen MR) is 79.2 cm³/mol. The smallest absolute Gasteiger partial charge is 0.222 e. The lowest BCUT2D eigenvalue weighted by Crippen LogP contribution is -2.29. The molecular formula is C15H31NO3. The Bertz CT molecular complexity index is 229. The van der Waals surface area contributed by atoms with Gasteiger partial charge in [-0.3, -0.25) is 9.59 Å². The molecule has 0 aliphatic carbocycles. The molecule has 0 unspecified atom stereocenters. The molecule has 0 atom stereocenters. The van der Waals surface area contributed by atoms with Gasteiger partial charge in [0.2, 0.25) is 5.91 Å². The lowest BCUT2D eigenvalue weighted by molar-refractivity contribution is -0.130. The van der Waals surface area contributed by atoms with Gasteiger partial charge in [0.05, 0.1) is 6.61 Å². The van der Waals surface area contributed by atoms with Crippen molar-refractivity contribution in [1.29, 1.82) is 0 Å². The van der Waals surface area contributed by atoms with E-state index in [2.05, 4.69) is 0 Å². The van der Waals surface area contributed by atoms with Crippen LogP contribution in [-0.2, 0) is 14.3 Å². The highest BCUT2D eigenvalue weighted by molar-refractivity contribution is 5.78. The van der Waals surface area contributed by atoms with E-state index in [0.717, 1.165) is 19.3 Å². The van der Waals surface area contributed by atoms with Gasteiger partial charge in [-0.1, -0.05) is 27.2 Å². The zero-order valence-corrected chi connectivity index (χ0v) is 13.3. The van der Waals surface area contributed by atoms with E-state index in [1.54, 1.807) is 19.1 Å². The minimum Gasteiger partial charge on any atom is -0.383 e. The van der Waals surface area contributed by atoms with Crippen molar-refractivity contribution in [1.82, 2.24) is 4.90 Å². The van der Waals surface area contributed by atoms with Crippen LogP contribution in [-0.4, -0.2) is 43.9 Å². The number of amides is 1. The monoisotopic (exact) mass is 273 g/mol. The molecule has 0 saturated heterocycles. The van der Waals surface area contributed by atoms with Crippen molar-refractivity contribution in [3.8, 4) is 0 Å². The molecule has 0 rings (SSSR count). The summed E-state index contributed by atoms with van der Waals surface area (Å²) in [6, 6.07) is 0. The molecule has 19 heavy (non-hydrogen) atoms. The average molecular weight is 273 g/mol. The van der Waals surface area contributed by atoms with Crippen LogP contribution in [0.15, 0.2) is 0 Å². The van der Waals surface area contributed by atoms with Gasteiger partial charge in [-0.05, 0) is 12.8 Å². The van der Waals surface area contributed by atoms with Crippen molar-refractivity contribution < 1.29 is 14.3 Å². The molecule has 0 heterocycles. The SMILES string of the molecule is CC.CCC(=O)CCCCCC(=O)N(C)CCOC. The van der Waals surface area contributed by atoms with Gasteiger partial charge in [-0.25, -0.2) is 0 Å². The molecule has 0 aromatic heterocycles. The van der Waals surface area contributed by atoms with Crippen LogP contribution in [0.5, 0.6) is 0 Å². The summed E-state index contributed by atoms with van der Waals surface area (Å²) in [5.41, 5.74) is 0. The Morgan fingerprint density at radius 2 is 1.63 bits per heavy atom. The van der Waals surface area contributed by atoms with E-state index in [0.29, 0.717) is 38.2 Å². The van der Waals surface area contributed by atoms with Crippen LogP contribution in [0.4, 0.5) is 0 Å². The maximum Gasteiger partial charge on any atom is 0.222 e. The largest absolute Gasteiger partial charge is 0.383 e. The summed E-state index contributed by atoms with van der Waals surface area (Å²) in [5, 5.41) is 0. The van der Waals surface area contributed by atoms with Crippen molar-refractivity contribution in [3.63, 3.8) is 0 Å². The first-order chi connectivity index (χ1) is 9.11. The molecular weight excluding hydrogens is 242 g/mol. The molecule has 0 aliphatic rings. The van der Waals surface area contributed by atoms with Crippen LogP contribution in [0.1, 0.15) is 59.3 Å². The average Bonchev–Trinajstić information content (AvgIpc) is 2.45. The summed E-state index contributed by atoms with van der Waals surface area (Å²) in [6.07, 6.45) is 4.58. The van der Waals surface area contributed by atoms with Crippen LogP contribution >= 0.6 is 0 Å². The molecule has 4 heteroatoms. The molecule has 0 radical (unpaired) electrons. The maximum absolute atomic E-state index is 11.6. The van der Waals surface area contributed by atoms with Crippen molar-refractivity contribution in [2.75, 3.05) is 27.3 Å². The van der Waals surface area contributed by atoms with Gasteiger partial charge >= 0.3 is 0 Å². The van der Waals surface area contributed by atoms with E-state index in [1.165, 1.54) is 0 Å². The quantitative estimate of drug-likeness (QED) is 0.575. The van der Waals surface area contributed by atoms with Gasteiger partial charge in [-0.15, -0.1) is 0 Å². The number of hydrogen-bond donors (Lipinski definition) is 0. The van der Waals surface area contributed by atoms with E-state index >= 15 is 0 Å². The first-order valence-corrected chi connectivity index (χ1v) is 7.36. The zero-order chi connectivity index (χ0) is 15.1. The van der Waals surface area contributed by atoms with Crippen LogP contribution in [0.2, 0.25) is 0 Å². The van der Waals surface area contributed by atoms with Gasteiger partial charge in [0, 0.05) is 40.0 Å². The fourth-order valence-electron chi connectivity index (χ4n) is 1.50. The molecule has 0 saturated carbocycles. The first-order valence-electron chi connectivity index (χ1n) is 7.36. The summed E-state index contributed by atoms with van der Waals surface area (Å²) in [4.78, 5) is 24.3. The van der Waals surface area contributed by atoms with E-state index in [4.69, 9.17) is 4.74 Å². The molecule has 114 valence electrons. The highest BCUT2D eigenvalue weighted by Gasteiger charge is 2.07. The highest BCUT2D eigenvalue weighted by atomic mass is 16.5. The molecule has 0 aromatic carbocycles. The molecule has 0 aromatic rings. The Balaban J connectivity index is 0. The Hall–Kier alpha value is -0.900. The maximum atomic E-state index is 11.6. The molecule has 4 nitrogen and oxygen atoms in total. The summed E-state index contributed by atoms with van der Waals surface area (Å²) in [7, 11) is 3.42. The van der Waals surface area contributed by atoms with Crippen LogP contribution in [0, 0.1) is 0 Å². The number of Topliss-reactive ketones (excluding diaryl/α,β-unsaturated/α-hetero) is 1. The fraction of sp³-hybridized carbons (Fsp3) is 0.867. The number of hydrogen-bond acceptors (Lipinski definition) is 3. The number of ketones is 1. The van der Waals surface area contributed by atoms with Gasteiger partial charge in [-0.2, -0.15) is 0 Å². The Morgan fingerprint density at radius 1 is 1.05 bits per heavy atom. The third-order valence-electron chi connectivity index (χ3n) is 2.80. The number of likely N-dealkylation sites (N-methyl/N-ethyl adjacent to an activating group) is 1. The number of nitrogens with zero attached hydrogens (tertiary/aromatic N) is 1. The van der Waals surface area contributed by atoms with Crippen LogP contribution in [0.3, 0.4) is 0 Å². The number of ether oxygens (including phenoxy) is 1. The molecule has 0 spiro atoms. The Kier molecular flexibility index (Phi) is 16.3. The highest BCUT2D eigenvalue weighted by Crippen LogP contribution is 2.06. The minimum absolute atomic E-state index is 0.156. The first kappa shape index (κ1) is 20.4. The van der Waals surface area contributed by atoms with Crippen LogP contribution < -0.4 is 0 Å². The minimum atomic E-state index is 0.156. The summed E-state index contributed by atoms with van der Waals surface area (Å²) < 4.78 is 4.91. The number of carbonyl (C=O) groups excluding carboxylic acids is 2. The van der Waals surface area contributed by atoms with E-state index < -0.39 is 0 Å². The number of unbranched alkanes of at least 4 members (excludes halogenated alkanes) is 2. The van der Waals surface area contributed by atoms with Crippen molar-refractivity contribution in [3.05, 3.63) is 0 Å². The Morgan fingerprint density at radius 3 is 2.16 bits per heavy atom. The number of rotatable bonds is 10. The molecule has 0 aliphatic heterocycles. The standard InChI is InChI=1S/C13H25NO3.C2H6/c1-4-12(15)8-6-5-7-9-13(16)14(2)10-11-17-3;1-2/h4-11H2,1-3H3;1-2H3. The second-order valence-electron chi connectivity index (χ2n) is 4.26. The van der Waals surface area contributed by atoms with Gasteiger partial charge in [0.1, 0.15) is 5.78 Å². The normalized spacial score (nSPS) is 9.53. The van der Waals surface area contributed by atoms with Crippen molar-refractivity contribution in [2.45, 2.75) is 59.3 Å². The number of methoxy groups -OCH3 is 1. The lowest BCUT2D eigenvalue weighted by atomic mass is 10.1. The fourth-order valence-corrected chi connectivity index (χ4v) is 1.50. The topological polar surface area (TPSA) is 46.6 Å². The van der Waals surface area contributed by atoms with Gasteiger partial charge < -0.3 is 9.64 Å². The molecule has 0 fully saturated rings. The lowest BCUT2D eigenvalue weighted by Gasteiger charge is -2.16. The van der Waals surface area contributed by atoms with Gasteiger partial charge in [0.15, 0.2) is 0 Å². The zero-order valence-electron chi connectivity index (χ0n) is 13.3. The summed E-state index contributed by atoms with van der Waals surface area (Å²) >= 11 is 0. The second kappa shape index (κ2) is 15.2.